The molecular weight excluding hydrogens is 449 g/mol. The Balaban J connectivity index is 1.48. The van der Waals surface area contributed by atoms with E-state index in [9.17, 15) is 22.8 Å². The highest BCUT2D eigenvalue weighted by Gasteiger charge is 2.39. The average Bonchev–Trinajstić information content (AvgIpc) is 2.80. The van der Waals surface area contributed by atoms with Gasteiger partial charge in [-0.25, -0.2) is 9.97 Å². The van der Waals surface area contributed by atoms with Crippen LogP contribution in [0.25, 0.3) is 5.57 Å². The molecule has 0 unspecified atom stereocenters. The van der Waals surface area contributed by atoms with E-state index in [-0.39, 0.29) is 54.8 Å². The molecule has 3 N–H and O–H groups in total. The van der Waals surface area contributed by atoms with Gasteiger partial charge in [0.15, 0.2) is 11.5 Å². The van der Waals surface area contributed by atoms with Crippen LogP contribution in [0.4, 0.5) is 13.2 Å². The lowest BCUT2D eigenvalue weighted by Gasteiger charge is -2.34. The van der Waals surface area contributed by atoms with Crippen LogP contribution in [0.2, 0.25) is 0 Å². The third-order valence-corrected chi connectivity index (χ3v) is 6.39. The fraction of sp³-hybridized carbons (Fsp3) is 0.565. The van der Waals surface area contributed by atoms with Crippen molar-refractivity contribution in [2.45, 2.75) is 51.4 Å². The molecule has 0 radical (unpaired) electrons. The number of fused-ring (bicyclic) bond motifs is 1. The number of amides is 2. The topological polar surface area (TPSA) is 104 Å². The number of piperidine rings is 1. The molecular formula is C23H29F3N6O2. The maximum absolute atomic E-state index is 13.8. The van der Waals surface area contributed by atoms with E-state index in [1.54, 1.807) is 23.3 Å². The number of dihydropyridines is 1. The Bertz CT molecular complexity index is 1020. The number of carbonyl (C=O) groups is 2. The number of nitrogens with two attached hydrogens (primary N) is 1. The number of nitrogens with one attached hydrogen (secondary N) is 1. The molecule has 1 aromatic heterocycles. The van der Waals surface area contributed by atoms with Crippen molar-refractivity contribution in [1.82, 2.24) is 25.1 Å². The highest BCUT2D eigenvalue weighted by atomic mass is 19.4. The van der Waals surface area contributed by atoms with Crippen LogP contribution in [0.5, 0.6) is 0 Å². The second-order valence-electron chi connectivity index (χ2n) is 9.19. The Morgan fingerprint density at radius 3 is 2.82 bits per heavy atom. The number of aromatic nitrogens is 2. The lowest BCUT2D eigenvalue weighted by molar-refractivity contribution is -0.142. The largest absolute Gasteiger partial charge is 0.433 e. The SMILES string of the molecule is C[C@@H]1CCC(=O)N(C[C@@H](N)CC(=O)N2CCc3c(nc(C4=CCNC=C4)nc3C(F)(F)F)C2)C1. The molecule has 1 fully saturated rings. The molecule has 8 nitrogen and oxygen atoms in total. The first-order valence-electron chi connectivity index (χ1n) is 11.5. The van der Waals surface area contributed by atoms with Crippen LogP contribution in [0, 0.1) is 5.92 Å². The minimum atomic E-state index is -4.62. The molecule has 4 heterocycles. The van der Waals surface area contributed by atoms with Crippen LogP contribution >= 0.6 is 0 Å². The zero-order valence-electron chi connectivity index (χ0n) is 19.1. The summed E-state index contributed by atoms with van der Waals surface area (Å²) in [7, 11) is 0. The summed E-state index contributed by atoms with van der Waals surface area (Å²) in [6, 6.07) is -0.542. The second kappa shape index (κ2) is 9.73. The Kier molecular flexibility index (Phi) is 6.92. The lowest BCUT2D eigenvalue weighted by Crippen LogP contribution is -2.48. The number of nitrogens with zero attached hydrogens (tertiary/aromatic N) is 4. The first kappa shape index (κ1) is 24.2. The number of allylic oxidation sites excluding steroid dienone is 2. The molecule has 1 aromatic rings. The molecule has 0 bridgehead atoms. The number of carbonyl (C=O) groups excluding carboxylic acids is 2. The molecule has 2 atom stereocenters. The monoisotopic (exact) mass is 478 g/mol. The Hall–Kier alpha value is -2.95. The predicted molar refractivity (Wildman–Crippen MR) is 119 cm³/mol. The van der Waals surface area contributed by atoms with Gasteiger partial charge in [-0.05, 0) is 31.0 Å². The van der Waals surface area contributed by atoms with Crippen LogP contribution in [-0.2, 0) is 28.7 Å². The number of alkyl halides is 3. The normalized spacial score (nSPS) is 21.6. The van der Waals surface area contributed by atoms with Crippen LogP contribution in [0.1, 0.15) is 49.0 Å². The van der Waals surface area contributed by atoms with Crippen LogP contribution in [0.15, 0.2) is 18.4 Å². The van der Waals surface area contributed by atoms with E-state index >= 15 is 0 Å². The molecule has 0 saturated carbocycles. The van der Waals surface area contributed by atoms with E-state index in [0.29, 0.717) is 37.5 Å². The molecule has 11 heteroatoms. The van der Waals surface area contributed by atoms with Crippen molar-refractivity contribution in [2.24, 2.45) is 11.7 Å². The van der Waals surface area contributed by atoms with E-state index in [0.717, 1.165) is 6.42 Å². The summed E-state index contributed by atoms with van der Waals surface area (Å²) in [5.41, 5.74) is 5.98. The van der Waals surface area contributed by atoms with Crippen molar-refractivity contribution >= 4 is 17.4 Å². The molecule has 3 aliphatic rings. The quantitative estimate of drug-likeness (QED) is 0.670. The number of likely N-dealkylation sites (tertiary alicyclic amines) is 1. The first-order chi connectivity index (χ1) is 16.1. The van der Waals surface area contributed by atoms with Gasteiger partial charge in [-0.2, -0.15) is 13.2 Å². The van der Waals surface area contributed by atoms with Crippen molar-refractivity contribution in [2.75, 3.05) is 26.2 Å². The minimum absolute atomic E-state index is 0.00689. The zero-order chi connectivity index (χ0) is 24.5. The number of hydrogen-bond donors (Lipinski definition) is 2. The van der Waals surface area contributed by atoms with Gasteiger partial charge in [0, 0.05) is 56.2 Å². The average molecular weight is 479 g/mol. The van der Waals surface area contributed by atoms with Gasteiger partial charge < -0.3 is 20.9 Å². The number of hydrogen-bond acceptors (Lipinski definition) is 6. The summed E-state index contributed by atoms with van der Waals surface area (Å²) in [5.74, 6) is 0.164. The van der Waals surface area contributed by atoms with E-state index in [1.807, 2.05) is 0 Å². The van der Waals surface area contributed by atoms with Crippen LogP contribution < -0.4 is 11.1 Å². The molecule has 4 rings (SSSR count). The van der Waals surface area contributed by atoms with Gasteiger partial charge in [0.05, 0.1) is 12.2 Å². The van der Waals surface area contributed by atoms with Crippen LogP contribution in [0.3, 0.4) is 0 Å². The molecule has 3 aliphatic heterocycles. The van der Waals surface area contributed by atoms with E-state index in [2.05, 4.69) is 22.2 Å². The van der Waals surface area contributed by atoms with Crippen molar-refractivity contribution in [3.05, 3.63) is 41.1 Å². The predicted octanol–water partition coefficient (Wildman–Crippen LogP) is 1.86. The highest BCUT2D eigenvalue weighted by Crippen LogP contribution is 2.35. The lowest BCUT2D eigenvalue weighted by atomic mass is 9.98. The fourth-order valence-corrected chi connectivity index (χ4v) is 4.60. The van der Waals surface area contributed by atoms with Crippen molar-refractivity contribution in [3.8, 4) is 0 Å². The molecule has 0 aliphatic carbocycles. The van der Waals surface area contributed by atoms with Crippen molar-refractivity contribution in [3.63, 3.8) is 0 Å². The summed E-state index contributed by atoms with van der Waals surface area (Å²) in [5, 5.41) is 2.94. The third-order valence-electron chi connectivity index (χ3n) is 6.39. The zero-order valence-corrected chi connectivity index (χ0v) is 19.1. The number of rotatable bonds is 5. The molecule has 2 amide bonds. The van der Waals surface area contributed by atoms with Gasteiger partial charge in [-0.3, -0.25) is 9.59 Å². The van der Waals surface area contributed by atoms with E-state index < -0.39 is 17.9 Å². The third kappa shape index (κ3) is 5.40. The van der Waals surface area contributed by atoms with Crippen molar-refractivity contribution < 1.29 is 22.8 Å². The standard InChI is InChI=1S/C23H29F3N6O2/c1-14-2-3-19(33)32(11-14)12-16(27)10-20(34)31-9-6-17-18(13-31)29-22(15-4-7-28-8-5-15)30-21(17)23(24,25)26/h4-5,7,14,16,28H,2-3,6,8-13,27H2,1H3/t14-,16+/m1/s1. The Morgan fingerprint density at radius 2 is 2.12 bits per heavy atom. The maximum Gasteiger partial charge on any atom is 0.433 e. The molecule has 0 spiro atoms. The highest BCUT2D eigenvalue weighted by molar-refractivity contribution is 5.78. The Morgan fingerprint density at radius 1 is 1.32 bits per heavy atom. The summed E-state index contributed by atoms with van der Waals surface area (Å²) in [6.45, 7) is 3.55. The smallest absolute Gasteiger partial charge is 0.387 e. The molecule has 34 heavy (non-hydrogen) atoms. The second-order valence-corrected chi connectivity index (χ2v) is 9.19. The van der Waals surface area contributed by atoms with Crippen molar-refractivity contribution in [1.29, 1.82) is 0 Å². The minimum Gasteiger partial charge on any atom is -0.387 e. The first-order valence-corrected chi connectivity index (χ1v) is 11.5. The van der Waals surface area contributed by atoms with Gasteiger partial charge >= 0.3 is 6.18 Å². The molecule has 184 valence electrons. The van der Waals surface area contributed by atoms with Gasteiger partial charge in [0.1, 0.15) is 0 Å². The molecule has 0 aromatic carbocycles. The number of halogens is 3. The molecule has 1 saturated heterocycles. The van der Waals surface area contributed by atoms with E-state index in [1.165, 1.54) is 4.90 Å². The fourth-order valence-electron chi connectivity index (χ4n) is 4.60. The van der Waals surface area contributed by atoms with Gasteiger partial charge in [0.25, 0.3) is 0 Å². The summed E-state index contributed by atoms with van der Waals surface area (Å²) in [4.78, 5) is 36.5. The summed E-state index contributed by atoms with van der Waals surface area (Å²) < 4.78 is 41.3. The van der Waals surface area contributed by atoms with Gasteiger partial charge in [0.2, 0.25) is 11.8 Å². The van der Waals surface area contributed by atoms with Gasteiger partial charge in [-0.15, -0.1) is 0 Å². The summed E-state index contributed by atoms with van der Waals surface area (Å²) in [6.07, 6.45) is 1.72. The maximum atomic E-state index is 13.8. The van der Waals surface area contributed by atoms with Gasteiger partial charge in [-0.1, -0.05) is 13.0 Å². The Labute approximate surface area is 196 Å². The summed E-state index contributed by atoms with van der Waals surface area (Å²) >= 11 is 0. The van der Waals surface area contributed by atoms with Crippen LogP contribution in [-0.4, -0.2) is 63.8 Å². The van der Waals surface area contributed by atoms with E-state index in [4.69, 9.17) is 5.73 Å².